The summed E-state index contributed by atoms with van der Waals surface area (Å²) < 4.78 is 14.6. The number of halogens is 1. The SMILES string of the molecule is CCCCCCC(=O)NN=Cc1c(O)n(-c2ccccc2F)c(=O)[nH]c1=O. The third kappa shape index (κ3) is 5.13. The number of carbonyl (C=O) groups excluding carboxylic acids is 1. The molecule has 0 radical (unpaired) electrons. The van der Waals surface area contributed by atoms with Gasteiger partial charge in [-0.15, -0.1) is 0 Å². The summed E-state index contributed by atoms with van der Waals surface area (Å²) in [5, 5.41) is 13.9. The fourth-order valence-electron chi connectivity index (χ4n) is 2.45. The number of aromatic nitrogens is 2. The van der Waals surface area contributed by atoms with E-state index in [1.807, 2.05) is 4.98 Å². The van der Waals surface area contributed by atoms with Crippen molar-refractivity contribution >= 4 is 12.1 Å². The standard InChI is InChI=1S/C18H21FN4O4/c1-2-3-4-5-10-15(24)22-20-11-12-16(25)21-18(27)23(17(12)26)14-9-7-6-8-13(14)19/h6-9,11,26H,2-5,10H2,1H3,(H,22,24)(H,21,25,27). The Morgan fingerprint density at radius 3 is 2.74 bits per heavy atom. The average molecular weight is 376 g/mol. The summed E-state index contributed by atoms with van der Waals surface area (Å²) in [6, 6.07) is 5.28. The maximum absolute atomic E-state index is 13.9. The quantitative estimate of drug-likeness (QED) is 0.370. The van der Waals surface area contributed by atoms with E-state index in [0.29, 0.717) is 4.57 Å². The lowest BCUT2D eigenvalue weighted by atomic mass is 10.1. The second-order valence-electron chi connectivity index (χ2n) is 5.89. The molecular weight excluding hydrogens is 355 g/mol. The fraction of sp³-hybridized carbons (Fsp3) is 0.333. The molecule has 0 aliphatic rings. The third-order valence-corrected chi connectivity index (χ3v) is 3.85. The lowest BCUT2D eigenvalue weighted by Crippen LogP contribution is -2.32. The molecule has 2 aromatic rings. The molecule has 1 amide bonds. The van der Waals surface area contributed by atoms with Crippen molar-refractivity contribution in [2.24, 2.45) is 5.10 Å². The van der Waals surface area contributed by atoms with Gasteiger partial charge in [-0.2, -0.15) is 5.10 Å². The highest BCUT2D eigenvalue weighted by Gasteiger charge is 2.16. The number of para-hydroxylation sites is 1. The number of rotatable bonds is 8. The number of benzene rings is 1. The van der Waals surface area contributed by atoms with Crippen LogP contribution in [0.5, 0.6) is 5.88 Å². The van der Waals surface area contributed by atoms with Crippen molar-refractivity contribution in [3.63, 3.8) is 0 Å². The maximum atomic E-state index is 13.9. The zero-order valence-corrected chi connectivity index (χ0v) is 14.9. The van der Waals surface area contributed by atoms with Crippen molar-refractivity contribution in [1.29, 1.82) is 0 Å². The zero-order valence-electron chi connectivity index (χ0n) is 14.9. The summed E-state index contributed by atoms with van der Waals surface area (Å²) in [7, 11) is 0. The van der Waals surface area contributed by atoms with Crippen LogP contribution in [0.2, 0.25) is 0 Å². The van der Waals surface area contributed by atoms with Crippen molar-refractivity contribution in [1.82, 2.24) is 15.0 Å². The average Bonchev–Trinajstić information content (AvgIpc) is 2.63. The van der Waals surface area contributed by atoms with E-state index in [-0.39, 0.29) is 23.6 Å². The van der Waals surface area contributed by atoms with Crippen LogP contribution < -0.4 is 16.7 Å². The minimum atomic E-state index is -1.00. The molecule has 1 aromatic heterocycles. The molecule has 0 bridgehead atoms. The van der Waals surface area contributed by atoms with Gasteiger partial charge >= 0.3 is 5.69 Å². The second kappa shape index (κ2) is 9.46. The summed E-state index contributed by atoms with van der Waals surface area (Å²) in [5.41, 5.74) is -0.274. The monoisotopic (exact) mass is 376 g/mol. The molecule has 1 heterocycles. The lowest BCUT2D eigenvalue weighted by Gasteiger charge is -2.10. The molecule has 0 fully saturated rings. The number of hydrazone groups is 1. The van der Waals surface area contributed by atoms with Gasteiger partial charge in [-0.25, -0.2) is 19.2 Å². The van der Waals surface area contributed by atoms with Crippen LogP contribution in [0, 0.1) is 5.82 Å². The van der Waals surface area contributed by atoms with Crippen LogP contribution in [-0.2, 0) is 4.79 Å². The van der Waals surface area contributed by atoms with Gasteiger partial charge in [0.2, 0.25) is 11.8 Å². The van der Waals surface area contributed by atoms with Gasteiger partial charge in [0.25, 0.3) is 5.56 Å². The van der Waals surface area contributed by atoms with Crippen molar-refractivity contribution in [3.8, 4) is 11.6 Å². The Bertz CT molecular complexity index is 949. The van der Waals surface area contributed by atoms with Gasteiger partial charge in [-0.1, -0.05) is 38.3 Å². The van der Waals surface area contributed by atoms with Gasteiger partial charge < -0.3 is 5.11 Å². The topological polar surface area (TPSA) is 117 Å². The van der Waals surface area contributed by atoms with E-state index in [2.05, 4.69) is 17.5 Å². The Morgan fingerprint density at radius 1 is 1.30 bits per heavy atom. The first-order valence-corrected chi connectivity index (χ1v) is 8.60. The van der Waals surface area contributed by atoms with Crippen LogP contribution in [0.15, 0.2) is 39.0 Å². The van der Waals surface area contributed by atoms with E-state index < -0.39 is 22.9 Å². The fourth-order valence-corrected chi connectivity index (χ4v) is 2.45. The molecule has 0 unspecified atom stereocenters. The molecule has 0 aliphatic carbocycles. The maximum Gasteiger partial charge on any atom is 0.335 e. The van der Waals surface area contributed by atoms with Gasteiger partial charge in [0.1, 0.15) is 11.4 Å². The summed E-state index contributed by atoms with van der Waals surface area (Å²) in [6.45, 7) is 2.06. The van der Waals surface area contributed by atoms with E-state index >= 15 is 0 Å². The highest BCUT2D eigenvalue weighted by molar-refractivity contribution is 5.84. The molecule has 0 aliphatic heterocycles. The summed E-state index contributed by atoms with van der Waals surface area (Å²) >= 11 is 0. The number of hydrogen-bond donors (Lipinski definition) is 3. The number of carbonyl (C=O) groups is 1. The molecule has 0 spiro atoms. The number of amides is 1. The molecular formula is C18H21FN4O4. The number of aromatic hydroxyl groups is 1. The minimum absolute atomic E-state index is 0.231. The number of hydrogen-bond acceptors (Lipinski definition) is 5. The van der Waals surface area contributed by atoms with Gasteiger partial charge in [0.05, 0.1) is 11.9 Å². The first-order chi connectivity index (χ1) is 13.0. The van der Waals surface area contributed by atoms with Gasteiger partial charge in [0.15, 0.2) is 0 Å². The Labute approximate surface area is 154 Å². The molecule has 8 nitrogen and oxygen atoms in total. The van der Waals surface area contributed by atoms with E-state index in [1.165, 1.54) is 18.2 Å². The zero-order chi connectivity index (χ0) is 19.8. The first-order valence-electron chi connectivity index (χ1n) is 8.60. The van der Waals surface area contributed by atoms with Crippen molar-refractivity contribution in [2.45, 2.75) is 39.0 Å². The smallest absolute Gasteiger partial charge is 0.335 e. The molecule has 27 heavy (non-hydrogen) atoms. The van der Waals surface area contributed by atoms with Crippen molar-refractivity contribution < 1.29 is 14.3 Å². The number of aromatic amines is 1. The Balaban J connectivity index is 2.22. The number of H-pyrrole nitrogens is 1. The molecule has 0 saturated heterocycles. The predicted octanol–water partition coefficient (Wildman–Crippen LogP) is 1.79. The van der Waals surface area contributed by atoms with E-state index in [0.717, 1.165) is 38.0 Å². The molecule has 1 aromatic carbocycles. The Hall–Kier alpha value is -3.23. The van der Waals surface area contributed by atoms with E-state index in [4.69, 9.17) is 0 Å². The van der Waals surface area contributed by atoms with Crippen LogP contribution in [-0.4, -0.2) is 26.8 Å². The lowest BCUT2D eigenvalue weighted by molar-refractivity contribution is -0.121. The molecule has 0 saturated carbocycles. The summed E-state index contributed by atoms with van der Waals surface area (Å²) in [6.07, 6.45) is 4.95. The van der Waals surface area contributed by atoms with E-state index in [1.54, 1.807) is 0 Å². The van der Waals surface area contributed by atoms with Gasteiger partial charge in [0, 0.05) is 6.42 Å². The minimum Gasteiger partial charge on any atom is -0.493 e. The highest BCUT2D eigenvalue weighted by atomic mass is 19.1. The Morgan fingerprint density at radius 2 is 2.04 bits per heavy atom. The van der Waals surface area contributed by atoms with Crippen LogP contribution in [0.4, 0.5) is 4.39 Å². The predicted molar refractivity (Wildman–Crippen MR) is 98.8 cm³/mol. The number of nitrogens with one attached hydrogen (secondary N) is 2. The van der Waals surface area contributed by atoms with E-state index in [9.17, 15) is 23.9 Å². The molecule has 0 atom stereocenters. The second-order valence-corrected chi connectivity index (χ2v) is 5.89. The van der Waals surface area contributed by atoms with Crippen LogP contribution in [0.3, 0.4) is 0 Å². The molecule has 9 heteroatoms. The Kier molecular flexibility index (Phi) is 7.04. The molecule has 144 valence electrons. The van der Waals surface area contributed by atoms with Crippen LogP contribution >= 0.6 is 0 Å². The highest BCUT2D eigenvalue weighted by Crippen LogP contribution is 2.17. The molecule has 3 N–H and O–H groups in total. The number of unbranched alkanes of at least 4 members (excludes halogenated alkanes) is 3. The summed E-state index contributed by atoms with van der Waals surface area (Å²) in [5.74, 6) is -1.87. The van der Waals surface area contributed by atoms with Crippen LogP contribution in [0.1, 0.15) is 44.6 Å². The first kappa shape index (κ1) is 20.1. The van der Waals surface area contributed by atoms with Gasteiger partial charge in [-0.05, 0) is 18.6 Å². The largest absolute Gasteiger partial charge is 0.493 e. The number of nitrogens with zero attached hydrogens (tertiary/aromatic N) is 2. The van der Waals surface area contributed by atoms with Gasteiger partial charge in [-0.3, -0.25) is 14.6 Å². The van der Waals surface area contributed by atoms with Crippen molar-refractivity contribution in [3.05, 3.63) is 56.5 Å². The van der Waals surface area contributed by atoms with Crippen LogP contribution in [0.25, 0.3) is 5.69 Å². The normalized spacial score (nSPS) is 11.0. The summed E-state index contributed by atoms with van der Waals surface area (Å²) in [4.78, 5) is 37.6. The van der Waals surface area contributed by atoms with Crippen molar-refractivity contribution in [2.75, 3.05) is 0 Å². The molecule has 2 rings (SSSR count). The third-order valence-electron chi connectivity index (χ3n) is 3.85.